The van der Waals surface area contributed by atoms with Gasteiger partial charge in [-0.2, -0.15) is 0 Å². The Balaban J connectivity index is 1.97. The van der Waals surface area contributed by atoms with E-state index in [1.807, 2.05) is 27.8 Å². The van der Waals surface area contributed by atoms with Crippen LogP contribution in [0.25, 0.3) is 0 Å². The predicted octanol–water partition coefficient (Wildman–Crippen LogP) is -0.150. The maximum Gasteiger partial charge on any atom is 0.272 e. The molecule has 1 aromatic rings. The van der Waals surface area contributed by atoms with Gasteiger partial charge in [-0.1, -0.05) is 0 Å². The topological polar surface area (TPSA) is 75.6 Å². The van der Waals surface area contributed by atoms with Crippen LogP contribution >= 0.6 is 0 Å². The second kappa shape index (κ2) is 2.64. The lowest BCUT2D eigenvalue weighted by atomic mass is 10.0. The third-order valence-electron chi connectivity index (χ3n) is 3.96. The van der Waals surface area contributed by atoms with E-state index in [4.69, 9.17) is 5.73 Å². The number of carbonyl (C=O) groups is 1. The molecule has 0 aliphatic carbocycles. The molecule has 1 amide bonds. The van der Waals surface area contributed by atoms with Crippen LogP contribution in [-0.4, -0.2) is 33.5 Å². The molecule has 4 heterocycles. The van der Waals surface area contributed by atoms with E-state index in [9.17, 15) is 4.79 Å². The molecule has 88 valence electrons. The van der Waals surface area contributed by atoms with E-state index < -0.39 is 5.66 Å². The molecule has 0 bridgehead atoms. The fraction of sp³-hybridized carbons (Fsp3) is 0.455. The molecule has 3 aliphatic rings. The largest absolute Gasteiger partial charge is 0.370 e. The molecule has 0 radical (unpaired) electrons. The zero-order chi connectivity index (χ0) is 11.6. The Hall–Kier alpha value is -1.98. The molecular weight excluding hydrogens is 218 g/mol. The van der Waals surface area contributed by atoms with E-state index in [1.54, 1.807) is 0 Å². The van der Waals surface area contributed by atoms with Crippen LogP contribution in [0.4, 0.5) is 0 Å². The summed E-state index contributed by atoms with van der Waals surface area (Å²) in [6.45, 7) is 0.774. The Morgan fingerprint density at radius 3 is 3.35 bits per heavy atom. The molecule has 1 fully saturated rings. The van der Waals surface area contributed by atoms with Crippen molar-refractivity contribution >= 4 is 11.9 Å². The molecule has 3 N–H and O–H groups in total. The molecule has 6 nitrogen and oxygen atoms in total. The van der Waals surface area contributed by atoms with Gasteiger partial charge in [0, 0.05) is 12.7 Å². The summed E-state index contributed by atoms with van der Waals surface area (Å²) in [6, 6.07) is 3.72. The van der Waals surface area contributed by atoms with E-state index in [-0.39, 0.29) is 12.1 Å². The summed E-state index contributed by atoms with van der Waals surface area (Å²) in [5, 5.41) is 3.20. The molecule has 6 heteroatoms. The number of aliphatic imine (C=N–C) groups is 1. The normalized spacial score (nSPS) is 33.9. The zero-order valence-corrected chi connectivity index (χ0v) is 9.26. The highest BCUT2D eigenvalue weighted by molar-refractivity contribution is 5.96. The van der Waals surface area contributed by atoms with Crippen LogP contribution < -0.4 is 11.1 Å². The van der Waals surface area contributed by atoms with Gasteiger partial charge >= 0.3 is 0 Å². The van der Waals surface area contributed by atoms with Crippen molar-refractivity contribution in [2.45, 2.75) is 24.7 Å². The first-order chi connectivity index (χ1) is 8.22. The average molecular weight is 231 g/mol. The fourth-order valence-electron chi connectivity index (χ4n) is 3.30. The van der Waals surface area contributed by atoms with Crippen molar-refractivity contribution in [1.82, 2.24) is 14.8 Å². The number of nitrogens with two attached hydrogens (primary N) is 1. The Morgan fingerprint density at radius 1 is 1.59 bits per heavy atom. The number of fused-ring (bicyclic) bond motifs is 2. The molecule has 0 unspecified atom stereocenters. The molecule has 1 saturated heterocycles. The van der Waals surface area contributed by atoms with Gasteiger partial charge < -0.3 is 20.5 Å². The highest BCUT2D eigenvalue weighted by Crippen LogP contribution is 2.44. The maximum atomic E-state index is 12.4. The molecule has 2 atom stereocenters. The summed E-state index contributed by atoms with van der Waals surface area (Å²) < 4.78 is 1.93. The van der Waals surface area contributed by atoms with Crippen molar-refractivity contribution < 1.29 is 4.79 Å². The van der Waals surface area contributed by atoms with E-state index in [0.29, 0.717) is 11.7 Å². The monoisotopic (exact) mass is 231 g/mol. The van der Waals surface area contributed by atoms with E-state index in [0.717, 1.165) is 19.4 Å². The average Bonchev–Trinajstić information content (AvgIpc) is 2.96. The van der Waals surface area contributed by atoms with Crippen LogP contribution in [0.15, 0.2) is 23.3 Å². The van der Waals surface area contributed by atoms with Crippen LogP contribution in [0.5, 0.6) is 0 Å². The van der Waals surface area contributed by atoms with Crippen molar-refractivity contribution in [2.24, 2.45) is 10.7 Å². The number of nitrogens with zero attached hydrogens (tertiary/aromatic N) is 3. The SMILES string of the molecule is NC1=N[C@@H]2n3cccc3C(=O)N3CCC[C@@]23N1. The lowest BCUT2D eigenvalue weighted by molar-refractivity contribution is 0.0327. The first-order valence-electron chi connectivity index (χ1n) is 5.83. The van der Waals surface area contributed by atoms with Crippen molar-refractivity contribution in [3.8, 4) is 0 Å². The minimum absolute atomic E-state index is 0.0705. The molecule has 1 aromatic heterocycles. The van der Waals surface area contributed by atoms with Gasteiger partial charge in [0.2, 0.25) is 0 Å². The summed E-state index contributed by atoms with van der Waals surface area (Å²) in [4.78, 5) is 18.7. The van der Waals surface area contributed by atoms with Crippen LogP contribution in [0.2, 0.25) is 0 Å². The Morgan fingerprint density at radius 2 is 2.47 bits per heavy atom. The standard InChI is InChI=1S/C11H13N5O/c12-10-13-9-11(14-10)4-2-6-16(11)8(17)7-3-1-5-15(7)9/h1,3,5,9H,2,4,6H2,(H3,12,13,14)/t9-,11+/m1/s1. The third-order valence-corrected chi connectivity index (χ3v) is 3.96. The molecule has 17 heavy (non-hydrogen) atoms. The Labute approximate surface area is 98.1 Å². The van der Waals surface area contributed by atoms with Gasteiger partial charge in [-0.05, 0) is 25.0 Å². The summed E-state index contributed by atoms with van der Waals surface area (Å²) in [7, 11) is 0. The number of hydrogen-bond acceptors (Lipinski definition) is 4. The highest BCUT2D eigenvalue weighted by atomic mass is 16.2. The van der Waals surface area contributed by atoms with Crippen molar-refractivity contribution in [1.29, 1.82) is 0 Å². The smallest absolute Gasteiger partial charge is 0.272 e. The van der Waals surface area contributed by atoms with Crippen LogP contribution in [0.3, 0.4) is 0 Å². The first kappa shape index (κ1) is 9.09. The number of nitrogens with one attached hydrogen (secondary N) is 1. The number of rotatable bonds is 0. The molecule has 4 rings (SSSR count). The number of guanidine groups is 1. The predicted molar refractivity (Wildman–Crippen MR) is 61.2 cm³/mol. The molecule has 0 aromatic carbocycles. The van der Waals surface area contributed by atoms with Gasteiger partial charge in [0.1, 0.15) is 5.69 Å². The van der Waals surface area contributed by atoms with E-state index >= 15 is 0 Å². The van der Waals surface area contributed by atoms with Gasteiger partial charge in [0.05, 0.1) is 0 Å². The zero-order valence-electron chi connectivity index (χ0n) is 9.26. The second-order valence-electron chi connectivity index (χ2n) is 4.80. The van der Waals surface area contributed by atoms with E-state index in [2.05, 4.69) is 10.3 Å². The molecular formula is C11H13N5O. The van der Waals surface area contributed by atoms with Gasteiger partial charge in [0.15, 0.2) is 17.8 Å². The van der Waals surface area contributed by atoms with Crippen molar-refractivity contribution in [3.63, 3.8) is 0 Å². The number of carbonyl (C=O) groups excluding carboxylic acids is 1. The minimum atomic E-state index is -0.423. The van der Waals surface area contributed by atoms with Crippen LogP contribution in [0.1, 0.15) is 29.5 Å². The third kappa shape index (κ3) is 0.878. The summed E-state index contributed by atoms with van der Waals surface area (Å²) in [5.41, 5.74) is 6.08. The maximum absolute atomic E-state index is 12.4. The van der Waals surface area contributed by atoms with Crippen molar-refractivity contribution in [2.75, 3.05) is 6.54 Å². The minimum Gasteiger partial charge on any atom is -0.370 e. The van der Waals surface area contributed by atoms with Gasteiger partial charge in [-0.3, -0.25) is 4.79 Å². The Kier molecular flexibility index (Phi) is 1.41. The molecule has 0 saturated carbocycles. The van der Waals surface area contributed by atoms with Gasteiger partial charge in [-0.15, -0.1) is 0 Å². The van der Waals surface area contributed by atoms with Crippen LogP contribution in [0, 0.1) is 0 Å². The Bertz CT molecular complexity index is 548. The van der Waals surface area contributed by atoms with Crippen molar-refractivity contribution in [3.05, 3.63) is 24.0 Å². The number of aromatic nitrogens is 1. The highest BCUT2D eigenvalue weighted by Gasteiger charge is 2.57. The molecule has 3 aliphatic heterocycles. The lowest BCUT2D eigenvalue weighted by Gasteiger charge is -2.43. The second-order valence-corrected chi connectivity index (χ2v) is 4.80. The summed E-state index contributed by atoms with van der Waals surface area (Å²) in [5.74, 6) is 0.498. The first-order valence-corrected chi connectivity index (χ1v) is 5.83. The van der Waals surface area contributed by atoms with Gasteiger partial charge in [-0.25, -0.2) is 4.99 Å². The van der Waals surface area contributed by atoms with Crippen LogP contribution in [-0.2, 0) is 0 Å². The van der Waals surface area contributed by atoms with Gasteiger partial charge in [0.25, 0.3) is 5.91 Å². The summed E-state index contributed by atoms with van der Waals surface area (Å²) >= 11 is 0. The summed E-state index contributed by atoms with van der Waals surface area (Å²) in [6.07, 6.45) is 3.67. The molecule has 1 spiro atoms. The van der Waals surface area contributed by atoms with E-state index in [1.165, 1.54) is 0 Å². The number of amides is 1. The quantitative estimate of drug-likeness (QED) is 0.652. The lowest BCUT2D eigenvalue weighted by Crippen LogP contribution is -2.63. The number of hydrogen-bond donors (Lipinski definition) is 2. The fourth-order valence-corrected chi connectivity index (χ4v) is 3.30.